The highest BCUT2D eigenvalue weighted by Gasteiger charge is 2.05. The van der Waals surface area contributed by atoms with Gasteiger partial charge in [0.2, 0.25) is 0 Å². The molecule has 0 saturated carbocycles. The molecule has 3 heteroatoms. The molecule has 1 atom stereocenters. The van der Waals surface area contributed by atoms with Gasteiger partial charge in [-0.05, 0) is 49.6 Å². The summed E-state index contributed by atoms with van der Waals surface area (Å²) >= 11 is 3.61. The Morgan fingerprint density at radius 3 is 2.84 bits per heavy atom. The van der Waals surface area contributed by atoms with Crippen molar-refractivity contribution in [1.82, 2.24) is 5.32 Å². The molecule has 0 bridgehead atoms. The highest BCUT2D eigenvalue weighted by atomic mass is 79.9. The number of hydrogen-bond acceptors (Lipinski definition) is 2. The summed E-state index contributed by atoms with van der Waals surface area (Å²) in [5.41, 5.74) is 2.58. The molecule has 0 spiro atoms. The third kappa shape index (κ3) is 4.51. The van der Waals surface area contributed by atoms with Gasteiger partial charge in [-0.1, -0.05) is 28.1 Å². The molecule has 1 unspecified atom stereocenters. The second kappa shape index (κ2) is 6.92. The first-order chi connectivity index (χ1) is 9.15. The quantitative estimate of drug-likeness (QED) is 0.849. The standard InChI is InChI=1S/C16H20BrNO/c1-12-5-7-14(16(17)10-12)11-18-13(2)6-8-15-4-3-9-19-15/h3-5,7,9-10,13,18H,6,8,11H2,1-2H3. The zero-order valence-corrected chi connectivity index (χ0v) is 13.0. The molecule has 1 heterocycles. The molecular weight excluding hydrogens is 302 g/mol. The summed E-state index contributed by atoms with van der Waals surface area (Å²) in [5.74, 6) is 1.06. The average molecular weight is 322 g/mol. The maximum Gasteiger partial charge on any atom is 0.103 e. The smallest absolute Gasteiger partial charge is 0.103 e. The minimum Gasteiger partial charge on any atom is -0.469 e. The third-order valence-electron chi connectivity index (χ3n) is 3.25. The molecule has 1 aromatic heterocycles. The lowest BCUT2D eigenvalue weighted by Gasteiger charge is -2.14. The Morgan fingerprint density at radius 1 is 1.32 bits per heavy atom. The molecule has 0 fully saturated rings. The van der Waals surface area contributed by atoms with Crippen LogP contribution in [0.4, 0.5) is 0 Å². The summed E-state index contributed by atoms with van der Waals surface area (Å²) in [6, 6.07) is 10.9. The van der Waals surface area contributed by atoms with Crippen molar-refractivity contribution in [1.29, 1.82) is 0 Å². The number of benzene rings is 1. The lowest BCUT2D eigenvalue weighted by molar-refractivity contribution is 0.459. The molecule has 0 radical (unpaired) electrons. The molecule has 0 aliphatic carbocycles. The zero-order valence-electron chi connectivity index (χ0n) is 11.4. The Morgan fingerprint density at radius 2 is 2.16 bits per heavy atom. The van der Waals surface area contributed by atoms with Crippen molar-refractivity contribution in [3.8, 4) is 0 Å². The van der Waals surface area contributed by atoms with E-state index in [4.69, 9.17) is 4.42 Å². The summed E-state index contributed by atoms with van der Waals surface area (Å²) in [6.07, 6.45) is 3.80. The van der Waals surface area contributed by atoms with Crippen molar-refractivity contribution in [2.75, 3.05) is 0 Å². The number of rotatable bonds is 6. The van der Waals surface area contributed by atoms with E-state index in [0.717, 1.165) is 25.1 Å². The van der Waals surface area contributed by atoms with E-state index in [-0.39, 0.29) is 0 Å². The summed E-state index contributed by atoms with van der Waals surface area (Å²) in [7, 11) is 0. The predicted molar refractivity (Wildman–Crippen MR) is 82.2 cm³/mol. The van der Waals surface area contributed by atoms with E-state index in [1.165, 1.54) is 15.6 Å². The van der Waals surface area contributed by atoms with Crippen molar-refractivity contribution >= 4 is 15.9 Å². The number of furan rings is 1. The fourth-order valence-electron chi connectivity index (χ4n) is 2.00. The van der Waals surface area contributed by atoms with E-state index >= 15 is 0 Å². The van der Waals surface area contributed by atoms with E-state index in [0.29, 0.717) is 6.04 Å². The van der Waals surface area contributed by atoms with E-state index in [2.05, 4.69) is 53.3 Å². The van der Waals surface area contributed by atoms with Gasteiger partial charge in [-0.2, -0.15) is 0 Å². The maximum atomic E-state index is 5.34. The summed E-state index contributed by atoms with van der Waals surface area (Å²) < 4.78 is 6.52. The molecular formula is C16H20BrNO. The first-order valence-corrected chi connectivity index (χ1v) is 7.45. The van der Waals surface area contributed by atoms with Crippen molar-refractivity contribution in [2.24, 2.45) is 0 Å². The second-order valence-electron chi connectivity index (χ2n) is 4.99. The van der Waals surface area contributed by atoms with E-state index in [1.807, 2.05) is 12.1 Å². The number of aryl methyl sites for hydroxylation is 2. The Labute approximate surface area is 123 Å². The fourth-order valence-corrected chi connectivity index (χ4v) is 2.63. The lowest BCUT2D eigenvalue weighted by Crippen LogP contribution is -2.26. The van der Waals surface area contributed by atoms with Gasteiger partial charge < -0.3 is 9.73 Å². The molecule has 0 saturated heterocycles. The summed E-state index contributed by atoms with van der Waals surface area (Å²) in [4.78, 5) is 0. The van der Waals surface area contributed by atoms with Gasteiger partial charge in [-0.25, -0.2) is 0 Å². The van der Waals surface area contributed by atoms with Crippen LogP contribution in [0.2, 0.25) is 0 Å². The zero-order chi connectivity index (χ0) is 13.7. The van der Waals surface area contributed by atoms with Crippen LogP contribution in [0.3, 0.4) is 0 Å². The van der Waals surface area contributed by atoms with Crippen LogP contribution in [-0.4, -0.2) is 6.04 Å². The van der Waals surface area contributed by atoms with Crippen LogP contribution in [0.5, 0.6) is 0 Å². The van der Waals surface area contributed by atoms with Gasteiger partial charge in [0.1, 0.15) is 5.76 Å². The maximum absolute atomic E-state index is 5.34. The van der Waals surface area contributed by atoms with Gasteiger partial charge in [0.25, 0.3) is 0 Å². The van der Waals surface area contributed by atoms with Gasteiger partial charge in [0, 0.05) is 23.5 Å². The first kappa shape index (κ1) is 14.4. The molecule has 19 heavy (non-hydrogen) atoms. The molecule has 0 aliphatic heterocycles. The molecule has 0 aliphatic rings. The largest absolute Gasteiger partial charge is 0.469 e. The van der Waals surface area contributed by atoms with Crippen molar-refractivity contribution in [3.63, 3.8) is 0 Å². The Kier molecular flexibility index (Phi) is 5.23. The normalized spacial score (nSPS) is 12.6. The first-order valence-electron chi connectivity index (χ1n) is 6.66. The summed E-state index contributed by atoms with van der Waals surface area (Å²) in [5, 5.41) is 3.55. The van der Waals surface area contributed by atoms with Crippen LogP contribution in [0.15, 0.2) is 45.5 Å². The van der Waals surface area contributed by atoms with Crippen LogP contribution < -0.4 is 5.32 Å². The van der Waals surface area contributed by atoms with Gasteiger partial charge in [0.05, 0.1) is 6.26 Å². The Balaban J connectivity index is 1.78. The topological polar surface area (TPSA) is 25.2 Å². The number of nitrogens with one attached hydrogen (secondary N) is 1. The molecule has 1 N–H and O–H groups in total. The highest BCUT2D eigenvalue weighted by molar-refractivity contribution is 9.10. The van der Waals surface area contributed by atoms with Crippen molar-refractivity contribution in [2.45, 2.75) is 39.3 Å². The van der Waals surface area contributed by atoms with Crippen LogP contribution in [-0.2, 0) is 13.0 Å². The Bertz CT molecular complexity index is 507. The van der Waals surface area contributed by atoms with Crippen LogP contribution in [0.25, 0.3) is 0 Å². The van der Waals surface area contributed by atoms with Gasteiger partial charge in [-0.3, -0.25) is 0 Å². The predicted octanol–water partition coefficient (Wildman–Crippen LogP) is 4.46. The van der Waals surface area contributed by atoms with Crippen molar-refractivity contribution in [3.05, 3.63) is 58.0 Å². The molecule has 2 aromatic rings. The number of hydrogen-bond donors (Lipinski definition) is 1. The lowest BCUT2D eigenvalue weighted by atomic mass is 10.1. The molecule has 2 rings (SSSR count). The van der Waals surface area contributed by atoms with Crippen LogP contribution in [0, 0.1) is 6.92 Å². The Hall–Kier alpha value is -1.06. The van der Waals surface area contributed by atoms with Crippen LogP contribution in [0.1, 0.15) is 30.2 Å². The van der Waals surface area contributed by atoms with Gasteiger partial charge in [0.15, 0.2) is 0 Å². The minimum absolute atomic E-state index is 0.471. The van der Waals surface area contributed by atoms with Crippen LogP contribution >= 0.6 is 15.9 Å². The summed E-state index contributed by atoms with van der Waals surface area (Å²) in [6.45, 7) is 5.21. The van der Waals surface area contributed by atoms with E-state index < -0.39 is 0 Å². The van der Waals surface area contributed by atoms with Crippen molar-refractivity contribution < 1.29 is 4.42 Å². The third-order valence-corrected chi connectivity index (χ3v) is 3.99. The minimum atomic E-state index is 0.471. The van der Waals surface area contributed by atoms with Gasteiger partial charge in [-0.15, -0.1) is 0 Å². The van der Waals surface area contributed by atoms with E-state index in [1.54, 1.807) is 6.26 Å². The molecule has 102 valence electrons. The SMILES string of the molecule is Cc1ccc(CNC(C)CCc2ccco2)c(Br)c1. The fraction of sp³-hybridized carbons (Fsp3) is 0.375. The number of halogens is 1. The highest BCUT2D eigenvalue weighted by Crippen LogP contribution is 2.18. The molecule has 0 amide bonds. The van der Waals surface area contributed by atoms with Gasteiger partial charge >= 0.3 is 0 Å². The molecule has 2 nitrogen and oxygen atoms in total. The van der Waals surface area contributed by atoms with E-state index in [9.17, 15) is 0 Å². The molecule has 1 aromatic carbocycles. The average Bonchev–Trinajstić information content (AvgIpc) is 2.88. The second-order valence-corrected chi connectivity index (χ2v) is 5.85. The monoisotopic (exact) mass is 321 g/mol.